The van der Waals surface area contributed by atoms with Crippen molar-refractivity contribution in [1.82, 2.24) is 0 Å². The van der Waals surface area contributed by atoms with Crippen LogP contribution in [0.3, 0.4) is 0 Å². The summed E-state index contributed by atoms with van der Waals surface area (Å²) in [5.41, 5.74) is -0.0812. The minimum absolute atomic E-state index is 0.525. The number of thiol groups is 1. The van der Waals surface area contributed by atoms with Crippen molar-refractivity contribution in [3.8, 4) is 0 Å². The van der Waals surface area contributed by atoms with Crippen LogP contribution in [0.4, 0.5) is 0 Å². The molecule has 0 bridgehead atoms. The first-order valence-electron chi connectivity index (χ1n) is 3.00. The van der Waals surface area contributed by atoms with Crippen molar-refractivity contribution in [1.29, 1.82) is 0 Å². The highest BCUT2D eigenvalue weighted by molar-refractivity contribution is 7.80. The summed E-state index contributed by atoms with van der Waals surface area (Å²) >= 11 is 3.96. The predicted molar refractivity (Wildman–Crippen MR) is 41.2 cm³/mol. The zero-order chi connectivity index (χ0) is 7.78. The Balaban J connectivity index is 2.96. The molecule has 1 aromatic rings. The number of aliphatic hydroxyl groups is 1. The van der Waals surface area contributed by atoms with E-state index in [0.29, 0.717) is 5.09 Å². The number of hydrogen-bond donors (Lipinski definition) is 2. The minimum Gasteiger partial charge on any atom is -0.458 e. The summed E-state index contributed by atoms with van der Waals surface area (Å²) < 4.78 is 4.90. The van der Waals surface area contributed by atoms with Gasteiger partial charge in [-0.25, -0.2) is 0 Å². The third-order valence-corrected chi connectivity index (χ3v) is 1.53. The fourth-order valence-corrected chi connectivity index (χ4v) is 0.838. The zero-order valence-electron chi connectivity index (χ0n) is 5.96. The fourth-order valence-electron chi connectivity index (χ4n) is 0.646. The second-order valence-electron chi connectivity index (χ2n) is 2.73. The second kappa shape index (κ2) is 2.32. The smallest absolute Gasteiger partial charge is 0.157 e. The molecule has 2 nitrogen and oxygen atoms in total. The third-order valence-electron chi connectivity index (χ3n) is 1.29. The summed E-state index contributed by atoms with van der Waals surface area (Å²) in [7, 11) is 0. The monoisotopic (exact) mass is 158 g/mol. The van der Waals surface area contributed by atoms with Crippen LogP contribution >= 0.6 is 12.6 Å². The lowest BCUT2D eigenvalue weighted by Crippen LogP contribution is -2.13. The highest BCUT2D eigenvalue weighted by Crippen LogP contribution is 2.23. The van der Waals surface area contributed by atoms with Gasteiger partial charge in [-0.05, 0) is 19.9 Å². The van der Waals surface area contributed by atoms with Crippen LogP contribution in [0.5, 0.6) is 0 Å². The van der Waals surface area contributed by atoms with E-state index in [1.165, 1.54) is 6.26 Å². The maximum atomic E-state index is 9.41. The van der Waals surface area contributed by atoms with Crippen LogP contribution in [-0.4, -0.2) is 5.11 Å². The molecule has 1 aromatic heterocycles. The molecule has 0 fully saturated rings. The van der Waals surface area contributed by atoms with Crippen molar-refractivity contribution in [2.24, 2.45) is 0 Å². The van der Waals surface area contributed by atoms with Gasteiger partial charge in [-0.1, -0.05) is 0 Å². The Morgan fingerprint density at radius 2 is 2.20 bits per heavy atom. The van der Waals surface area contributed by atoms with Gasteiger partial charge in [-0.3, -0.25) is 0 Å². The van der Waals surface area contributed by atoms with Crippen molar-refractivity contribution < 1.29 is 9.52 Å². The van der Waals surface area contributed by atoms with Crippen molar-refractivity contribution in [3.05, 3.63) is 17.9 Å². The lowest BCUT2D eigenvalue weighted by molar-refractivity contribution is 0.0779. The van der Waals surface area contributed by atoms with Gasteiger partial charge in [0.2, 0.25) is 0 Å². The molecule has 0 unspecified atom stereocenters. The molecule has 0 radical (unpaired) electrons. The number of hydrogen-bond acceptors (Lipinski definition) is 3. The Morgan fingerprint density at radius 3 is 2.40 bits per heavy atom. The third kappa shape index (κ3) is 1.55. The Kier molecular flexibility index (Phi) is 1.79. The predicted octanol–water partition coefficient (Wildman–Crippen LogP) is 1.80. The average Bonchev–Trinajstić information content (AvgIpc) is 2.11. The van der Waals surface area contributed by atoms with Gasteiger partial charge in [0.15, 0.2) is 5.09 Å². The molecular weight excluding hydrogens is 148 g/mol. The molecule has 0 spiro atoms. The van der Waals surface area contributed by atoms with E-state index in [9.17, 15) is 5.11 Å². The first-order valence-corrected chi connectivity index (χ1v) is 3.45. The maximum absolute atomic E-state index is 9.41. The Bertz CT molecular complexity index is 222. The molecule has 1 heterocycles. The summed E-state index contributed by atoms with van der Waals surface area (Å²) in [4.78, 5) is 0. The molecule has 0 saturated carbocycles. The normalized spacial score (nSPS) is 12.0. The summed E-state index contributed by atoms with van der Waals surface area (Å²) in [6, 6.07) is 1.70. The van der Waals surface area contributed by atoms with Crippen LogP contribution in [0.1, 0.15) is 19.4 Å². The van der Waals surface area contributed by atoms with Crippen molar-refractivity contribution in [3.63, 3.8) is 0 Å². The average molecular weight is 158 g/mol. The van der Waals surface area contributed by atoms with Crippen molar-refractivity contribution in [2.75, 3.05) is 0 Å². The topological polar surface area (TPSA) is 33.4 Å². The Hall–Kier alpha value is -0.410. The quantitative estimate of drug-likeness (QED) is 0.611. The van der Waals surface area contributed by atoms with Crippen LogP contribution in [0.15, 0.2) is 21.8 Å². The van der Waals surface area contributed by atoms with Crippen LogP contribution < -0.4 is 0 Å². The fraction of sp³-hybridized carbons (Fsp3) is 0.429. The van der Waals surface area contributed by atoms with Gasteiger partial charge in [0, 0.05) is 5.56 Å². The largest absolute Gasteiger partial charge is 0.458 e. The molecule has 0 atom stereocenters. The minimum atomic E-state index is -0.829. The molecule has 0 aliphatic carbocycles. The standard InChI is InChI=1S/C7H10O2S/c1-7(2,8)5-3-6(10)9-4-5/h3-4,8,10H,1-2H3. The second-order valence-corrected chi connectivity index (χ2v) is 3.17. The van der Waals surface area contributed by atoms with Crippen LogP contribution in [0.2, 0.25) is 0 Å². The SMILES string of the molecule is CC(C)(O)c1coc(S)c1. The first-order chi connectivity index (χ1) is 4.50. The van der Waals surface area contributed by atoms with E-state index >= 15 is 0 Å². The van der Waals surface area contributed by atoms with Gasteiger partial charge >= 0.3 is 0 Å². The summed E-state index contributed by atoms with van der Waals surface area (Å²) in [6.07, 6.45) is 1.50. The molecule has 0 aliphatic rings. The van der Waals surface area contributed by atoms with E-state index in [-0.39, 0.29) is 0 Å². The summed E-state index contributed by atoms with van der Waals surface area (Å²) in [5.74, 6) is 0. The lowest BCUT2D eigenvalue weighted by atomic mass is 10.0. The van der Waals surface area contributed by atoms with E-state index < -0.39 is 5.60 Å². The highest BCUT2D eigenvalue weighted by Gasteiger charge is 2.17. The van der Waals surface area contributed by atoms with E-state index in [2.05, 4.69) is 12.6 Å². The van der Waals surface area contributed by atoms with E-state index in [4.69, 9.17) is 4.42 Å². The van der Waals surface area contributed by atoms with E-state index in [0.717, 1.165) is 5.56 Å². The molecule has 0 aliphatic heterocycles. The Labute approximate surface area is 65.3 Å². The number of furan rings is 1. The molecule has 56 valence electrons. The van der Waals surface area contributed by atoms with E-state index in [1.54, 1.807) is 19.9 Å². The maximum Gasteiger partial charge on any atom is 0.157 e. The van der Waals surface area contributed by atoms with Gasteiger partial charge in [-0.2, -0.15) is 0 Å². The number of rotatable bonds is 1. The Morgan fingerprint density at radius 1 is 1.60 bits per heavy atom. The molecule has 0 saturated heterocycles. The van der Waals surface area contributed by atoms with Gasteiger partial charge in [0.1, 0.15) is 0 Å². The van der Waals surface area contributed by atoms with Crippen LogP contribution in [-0.2, 0) is 5.60 Å². The highest BCUT2D eigenvalue weighted by atomic mass is 32.1. The van der Waals surface area contributed by atoms with E-state index in [1.807, 2.05) is 0 Å². The zero-order valence-corrected chi connectivity index (χ0v) is 6.85. The molecule has 1 N–H and O–H groups in total. The van der Waals surface area contributed by atoms with Crippen molar-refractivity contribution >= 4 is 12.6 Å². The van der Waals surface area contributed by atoms with Crippen LogP contribution in [0.25, 0.3) is 0 Å². The van der Waals surface area contributed by atoms with Gasteiger partial charge in [-0.15, -0.1) is 12.6 Å². The van der Waals surface area contributed by atoms with Gasteiger partial charge in [0.05, 0.1) is 11.9 Å². The molecule has 1 rings (SSSR count). The summed E-state index contributed by atoms with van der Waals surface area (Å²) in [6.45, 7) is 3.40. The molecule has 0 aromatic carbocycles. The molecular formula is C7H10O2S. The summed E-state index contributed by atoms with van der Waals surface area (Å²) in [5, 5.41) is 9.93. The van der Waals surface area contributed by atoms with Crippen LogP contribution in [0, 0.1) is 0 Å². The van der Waals surface area contributed by atoms with Gasteiger partial charge < -0.3 is 9.52 Å². The lowest BCUT2D eigenvalue weighted by Gasteiger charge is -2.13. The molecule has 3 heteroatoms. The molecule has 0 amide bonds. The molecule has 10 heavy (non-hydrogen) atoms. The van der Waals surface area contributed by atoms with Gasteiger partial charge in [0.25, 0.3) is 0 Å². The van der Waals surface area contributed by atoms with Crippen molar-refractivity contribution in [2.45, 2.75) is 24.5 Å². The first kappa shape index (κ1) is 7.69.